The SMILES string of the molecule is NNC(=O)CCOc1c(I)cc(Cl)c2cccnc12. The Hall–Kier alpha value is -1.12. The highest BCUT2D eigenvalue weighted by Crippen LogP contribution is 2.34. The van der Waals surface area contributed by atoms with E-state index in [1.807, 2.05) is 18.2 Å². The molecule has 7 heteroatoms. The normalized spacial score (nSPS) is 10.5. The molecule has 1 heterocycles. The number of nitrogens with zero attached hydrogens (tertiary/aromatic N) is 1. The van der Waals surface area contributed by atoms with E-state index in [0.29, 0.717) is 16.3 Å². The lowest BCUT2D eigenvalue weighted by Gasteiger charge is -2.11. The average Bonchev–Trinajstić information content (AvgIpc) is 2.42. The molecule has 2 aromatic rings. The van der Waals surface area contributed by atoms with Crippen molar-refractivity contribution >= 4 is 51.0 Å². The van der Waals surface area contributed by atoms with E-state index in [4.69, 9.17) is 22.2 Å². The molecule has 1 aromatic carbocycles. The second kappa shape index (κ2) is 6.36. The molecule has 0 atom stereocenters. The van der Waals surface area contributed by atoms with Gasteiger partial charge in [-0.3, -0.25) is 15.2 Å². The number of hydrogen-bond donors (Lipinski definition) is 2. The van der Waals surface area contributed by atoms with Crippen molar-refractivity contribution in [2.75, 3.05) is 6.61 Å². The van der Waals surface area contributed by atoms with Crippen LogP contribution in [0.25, 0.3) is 10.9 Å². The molecular formula is C12H11ClIN3O2. The Morgan fingerprint density at radius 1 is 1.58 bits per heavy atom. The fraction of sp³-hybridized carbons (Fsp3) is 0.167. The molecule has 0 saturated carbocycles. The first-order valence-corrected chi connectivity index (χ1v) is 6.94. The monoisotopic (exact) mass is 391 g/mol. The van der Waals surface area contributed by atoms with Crippen molar-refractivity contribution in [2.24, 2.45) is 5.84 Å². The van der Waals surface area contributed by atoms with Crippen LogP contribution < -0.4 is 16.0 Å². The van der Waals surface area contributed by atoms with Gasteiger partial charge in [-0.05, 0) is 40.8 Å². The maximum absolute atomic E-state index is 11.0. The maximum atomic E-state index is 11.0. The number of nitrogens with one attached hydrogen (secondary N) is 1. The Morgan fingerprint density at radius 3 is 3.11 bits per heavy atom. The topological polar surface area (TPSA) is 77.2 Å². The van der Waals surface area contributed by atoms with Crippen LogP contribution in [0.4, 0.5) is 0 Å². The minimum absolute atomic E-state index is 0.184. The van der Waals surface area contributed by atoms with E-state index < -0.39 is 0 Å². The number of amides is 1. The molecule has 19 heavy (non-hydrogen) atoms. The van der Waals surface area contributed by atoms with Gasteiger partial charge in [0.05, 0.1) is 21.6 Å². The molecule has 0 fully saturated rings. The molecule has 1 aromatic heterocycles. The summed E-state index contributed by atoms with van der Waals surface area (Å²) in [5, 5.41) is 1.45. The van der Waals surface area contributed by atoms with E-state index in [-0.39, 0.29) is 18.9 Å². The van der Waals surface area contributed by atoms with Gasteiger partial charge in [0.2, 0.25) is 5.91 Å². The minimum Gasteiger partial charge on any atom is -0.490 e. The van der Waals surface area contributed by atoms with Gasteiger partial charge >= 0.3 is 0 Å². The lowest BCUT2D eigenvalue weighted by molar-refractivity contribution is -0.121. The molecule has 3 N–H and O–H groups in total. The first-order chi connectivity index (χ1) is 9.13. The Kier molecular flexibility index (Phi) is 4.78. The van der Waals surface area contributed by atoms with Gasteiger partial charge in [-0.25, -0.2) is 5.84 Å². The van der Waals surface area contributed by atoms with Gasteiger partial charge in [0.15, 0.2) is 5.75 Å². The van der Waals surface area contributed by atoms with Crippen LogP contribution >= 0.6 is 34.2 Å². The number of hydrogen-bond acceptors (Lipinski definition) is 4. The van der Waals surface area contributed by atoms with E-state index in [0.717, 1.165) is 8.96 Å². The van der Waals surface area contributed by atoms with Gasteiger partial charge in [0.25, 0.3) is 0 Å². The summed E-state index contributed by atoms with van der Waals surface area (Å²) in [5.41, 5.74) is 2.74. The standard InChI is InChI=1S/C12H11ClIN3O2/c13-8-6-9(14)12(19-5-3-10(18)17-15)11-7(8)2-1-4-16-11/h1-2,4,6H,3,5,15H2,(H,17,18). The highest BCUT2D eigenvalue weighted by molar-refractivity contribution is 14.1. The maximum Gasteiger partial charge on any atom is 0.237 e. The van der Waals surface area contributed by atoms with E-state index in [1.54, 1.807) is 6.20 Å². The first kappa shape index (κ1) is 14.3. The number of fused-ring (bicyclic) bond motifs is 1. The second-order valence-electron chi connectivity index (χ2n) is 3.73. The lowest BCUT2D eigenvalue weighted by atomic mass is 10.2. The molecule has 0 aliphatic rings. The number of benzene rings is 1. The molecule has 0 spiro atoms. The summed E-state index contributed by atoms with van der Waals surface area (Å²) in [4.78, 5) is 15.3. The van der Waals surface area contributed by atoms with Crippen molar-refractivity contribution in [2.45, 2.75) is 6.42 Å². The predicted molar refractivity (Wildman–Crippen MR) is 81.9 cm³/mol. The van der Waals surface area contributed by atoms with Crippen molar-refractivity contribution in [1.29, 1.82) is 0 Å². The number of pyridine rings is 1. The quantitative estimate of drug-likeness (QED) is 0.363. The van der Waals surface area contributed by atoms with Gasteiger partial charge in [-0.2, -0.15) is 0 Å². The zero-order valence-electron chi connectivity index (χ0n) is 9.82. The van der Waals surface area contributed by atoms with Crippen LogP contribution in [0.3, 0.4) is 0 Å². The van der Waals surface area contributed by atoms with E-state index >= 15 is 0 Å². The largest absolute Gasteiger partial charge is 0.490 e. The number of ether oxygens (including phenoxy) is 1. The highest BCUT2D eigenvalue weighted by atomic mass is 127. The molecule has 5 nitrogen and oxygen atoms in total. The van der Waals surface area contributed by atoms with Crippen molar-refractivity contribution in [3.63, 3.8) is 0 Å². The zero-order valence-corrected chi connectivity index (χ0v) is 12.7. The number of halogens is 2. The molecular weight excluding hydrogens is 381 g/mol. The summed E-state index contributed by atoms with van der Waals surface area (Å²) in [7, 11) is 0. The molecule has 0 aliphatic heterocycles. The van der Waals surface area contributed by atoms with Crippen LogP contribution in [0.5, 0.6) is 5.75 Å². The Balaban J connectivity index is 2.29. The van der Waals surface area contributed by atoms with E-state index in [2.05, 4.69) is 33.0 Å². The summed E-state index contributed by atoms with van der Waals surface area (Å²) < 4.78 is 6.48. The minimum atomic E-state index is -0.277. The third kappa shape index (κ3) is 3.26. The second-order valence-corrected chi connectivity index (χ2v) is 5.30. The molecule has 0 radical (unpaired) electrons. The fourth-order valence-electron chi connectivity index (χ4n) is 1.60. The Bertz CT molecular complexity index is 621. The summed E-state index contributed by atoms with van der Waals surface area (Å²) in [6.45, 7) is 0.229. The van der Waals surface area contributed by atoms with Crippen molar-refractivity contribution < 1.29 is 9.53 Å². The van der Waals surface area contributed by atoms with Crippen LogP contribution in [0, 0.1) is 3.57 Å². The Labute approximate surface area is 128 Å². The zero-order chi connectivity index (χ0) is 13.8. The van der Waals surface area contributed by atoms with Gasteiger partial charge in [0.1, 0.15) is 5.52 Å². The van der Waals surface area contributed by atoms with E-state index in [9.17, 15) is 4.79 Å². The van der Waals surface area contributed by atoms with Crippen LogP contribution in [0.1, 0.15) is 6.42 Å². The van der Waals surface area contributed by atoms with Crippen molar-refractivity contribution in [3.05, 3.63) is 33.0 Å². The summed E-state index contributed by atoms with van der Waals surface area (Å²) in [6, 6.07) is 5.50. The molecule has 0 aliphatic carbocycles. The number of nitrogens with two attached hydrogens (primary N) is 1. The predicted octanol–water partition coefficient (Wildman–Crippen LogP) is 2.25. The molecule has 0 unspecified atom stereocenters. The van der Waals surface area contributed by atoms with Crippen molar-refractivity contribution in [1.82, 2.24) is 10.4 Å². The molecule has 2 rings (SSSR count). The average molecular weight is 392 g/mol. The number of aromatic nitrogens is 1. The summed E-state index contributed by atoms with van der Waals surface area (Å²) in [5.74, 6) is 5.36. The number of carbonyl (C=O) groups is 1. The van der Waals surface area contributed by atoms with Gasteiger partial charge in [-0.15, -0.1) is 0 Å². The van der Waals surface area contributed by atoms with Gasteiger partial charge in [0, 0.05) is 11.6 Å². The number of carbonyl (C=O) groups excluding carboxylic acids is 1. The summed E-state index contributed by atoms with van der Waals surface area (Å²) in [6.07, 6.45) is 1.86. The number of hydrazine groups is 1. The molecule has 100 valence electrons. The molecule has 0 saturated heterocycles. The number of rotatable bonds is 4. The summed E-state index contributed by atoms with van der Waals surface area (Å²) >= 11 is 8.29. The first-order valence-electron chi connectivity index (χ1n) is 5.48. The third-order valence-electron chi connectivity index (χ3n) is 2.49. The van der Waals surface area contributed by atoms with Crippen LogP contribution in [0.2, 0.25) is 5.02 Å². The van der Waals surface area contributed by atoms with E-state index in [1.165, 1.54) is 0 Å². The van der Waals surface area contributed by atoms with Crippen LogP contribution in [-0.4, -0.2) is 17.5 Å². The van der Waals surface area contributed by atoms with Crippen molar-refractivity contribution in [3.8, 4) is 5.75 Å². The van der Waals surface area contributed by atoms with Crippen LogP contribution in [-0.2, 0) is 4.79 Å². The molecule has 0 bridgehead atoms. The van der Waals surface area contributed by atoms with Crippen LogP contribution in [0.15, 0.2) is 24.4 Å². The Morgan fingerprint density at radius 2 is 2.37 bits per heavy atom. The van der Waals surface area contributed by atoms with Gasteiger partial charge in [-0.1, -0.05) is 11.6 Å². The third-order valence-corrected chi connectivity index (χ3v) is 3.60. The van der Waals surface area contributed by atoms with Gasteiger partial charge < -0.3 is 4.74 Å². The lowest BCUT2D eigenvalue weighted by Crippen LogP contribution is -2.31. The fourth-order valence-corrected chi connectivity index (χ4v) is 2.77. The smallest absolute Gasteiger partial charge is 0.237 e. The molecule has 1 amide bonds. The highest BCUT2D eigenvalue weighted by Gasteiger charge is 2.12.